The second-order valence-electron chi connectivity index (χ2n) is 10.0. The van der Waals surface area contributed by atoms with Crippen molar-refractivity contribution < 1.29 is 8.85 Å². The Balaban J connectivity index is 1.53. The van der Waals surface area contributed by atoms with Crippen LogP contribution in [0.4, 0.5) is 0 Å². The van der Waals surface area contributed by atoms with E-state index in [1.165, 1.54) is 106 Å². The maximum absolute atomic E-state index is 6.50. The lowest BCUT2D eigenvalue weighted by Crippen LogP contribution is -2.40. The summed E-state index contributed by atoms with van der Waals surface area (Å²) in [5.74, 6) is 0. The highest BCUT2D eigenvalue weighted by molar-refractivity contribution is 6.67. The zero-order chi connectivity index (χ0) is 24.3. The molecular weight excluding hydrogens is 432 g/mol. The molecule has 0 aliphatic heterocycles. The Morgan fingerprint density at radius 2 is 1.09 bits per heavy atom. The smallest absolute Gasteiger partial charge is 0.337 e. The maximum Gasteiger partial charge on any atom is 0.337 e. The summed E-state index contributed by atoms with van der Waals surface area (Å²) < 4.78 is 13.0. The molecule has 0 aromatic heterocycles. The van der Waals surface area contributed by atoms with Crippen molar-refractivity contribution in [3.63, 3.8) is 0 Å². The number of hydrogen-bond donors (Lipinski definition) is 0. The molecule has 34 heavy (non-hydrogen) atoms. The summed E-state index contributed by atoms with van der Waals surface area (Å²) >= 11 is 0. The molecule has 2 aromatic carbocycles. The van der Waals surface area contributed by atoms with Crippen molar-refractivity contribution in [1.29, 1.82) is 0 Å². The van der Waals surface area contributed by atoms with E-state index in [1.54, 1.807) is 0 Å². The molecule has 0 heterocycles. The van der Waals surface area contributed by atoms with Crippen LogP contribution in [-0.2, 0) is 15.5 Å². The Bertz CT molecular complexity index is 756. The van der Waals surface area contributed by atoms with Crippen LogP contribution < -0.4 is 0 Å². The molecule has 0 atom stereocenters. The van der Waals surface area contributed by atoms with Gasteiger partial charge in [-0.1, -0.05) is 141 Å². The van der Waals surface area contributed by atoms with Crippen molar-refractivity contribution in [2.75, 3.05) is 6.61 Å². The fourth-order valence-corrected chi connectivity index (χ4v) is 7.14. The molecule has 3 heteroatoms. The summed E-state index contributed by atoms with van der Waals surface area (Å²) in [7, 11) is -2.10. The maximum atomic E-state index is 6.50. The van der Waals surface area contributed by atoms with Gasteiger partial charge < -0.3 is 8.85 Å². The van der Waals surface area contributed by atoms with Gasteiger partial charge in [-0.3, -0.25) is 0 Å². The molecule has 0 saturated heterocycles. The van der Waals surface area contributed by atoms with E-state index >= 15 is 0 Å². The number of rotatable bonds is 21. The molecule has 0 amide bonds. The highest BCUT2D eigenvalue weighted by atomic mass is 28.4. The minimum atomic E-state index is -2.10. The first-order chi connectivity index (χ1) is 16.7. The normalized spacial score (nSPS) is 12.0. The lowest BCUT2D eigenvalue weighted by Gasteiger charge is -2.29. The predicted molar refractivity (Wildman–Crippen MR) is 152 cm³/mol. The van der Waals surface area contributed by atoms with Crippen LogP contribution in [0, 0.1) is 0 Å². The van der Waals surface area contributed by atoms with Gasteiger partial charge in [-0.15, -0.1) is 0 Å². The van der Waals surface area contributed by atoms with Gasteiger partial charge in [0.05, 0.1) is 6.61 Å². The molecule has 0 unspecified atom stereocenters. The van der Waals surface area contributed by atoms with E-state index in [2.05, 4.69) is 63.2 Å². The van der Waals surface area contributed by atoms with Crippen LogP contribution in [-0.4, -0.2) is 15.2 Å². The minimum Gasteiger partial charge on any atom is -0.394 e. The Morgan fingerprint density at radius 3 is 1.65 bits per heavy atom. The molecular formula is C31H52O2Si. The molecule has 0 aliphatic rings. The standard InChI is InChI=1S/C31H52O2Si/c1-4-7-8-9-10-11-12-13-14-15-16-17-18-21-26-32-34(5-2,6-3)33-28-29-24-25-30-22-19-20-23-31(30)27-29/h19-20,22-25,27H,4-18,21,26,28H2,1-3H3. The highest BCUT2D eigenvalue weighted by Crippen LogP contribution is 2.23. The molecule has 2 aromatic rings. The highest BCUT2D eigenvalue weighted by Gasteiger charge is 2.33. The third-order valence-electron chi connectivity index (χ3n) is 7.26. The quantitative estimate of drug-likeness (QED) is 0.130. The van der Waals surface area contributed by atoms with Gasteiger partial charge in [0, 0.05) is 6.61 Å². The van der Waals surface area contributed by atoms with E-state index in [0.29, 0.717) is 6.61 Å². The minimum absolute atomic E-state index is 0.664. The monoisotopic (exact) mass is 484 g/mol. The number of benzene rings is 2. The van der Waals surface area contributed by atoms with E-state index in [-0.39, 0.29) is 0 Å². The average molecular weight is 485 g/mol. The van der Waals surface area contributed by atoms with Crippen LogP contribution in [0.5, 0.6) is 0 Å². The zero-order valence-electron chi connectivity index (χ0n) is 22.6. The first-order valence-electron chi connectivity index (χ1n) is 14.5. The lowest BCUT2D eigenvalue weighted by molar-refractivity contribution is 0.158. The second kappa shape index (κ2) is 18.2. The number of hydrogen-bond acceptors (Lipinski definition) is 2. The Labute approximate surface area is 212 Å². The SMILES string of the molecule is CCCCCCCCCCCCCCCCO[Si](CC)(CC)OCc1ccc2ccccc2c1. The van der Waals surface area contributed by atoms with E-state index in [9.17, 15) is 0 Å². The van der Waals surface area contributed by atoms with E-state index < -0.39 is 8.56 Å². The second-order valence-corrected chi connectivity index (χ2v) is 13.8. The van der Waals surface area contributed by atoms with Crippen molar-refractivity contribution in [3.05, 3.63) is 48.0 Å². The van der Waals surface area contributed by atoms with E-state index in [0.717, 1.165) is 18.7 Å². The van der Waals surface area contributed by atoms with E-state index in [1.807, 2.05) is 0 Å². The van der Waals surface area contributed by atoms with Crippen molar-refractivity contribution in [1.82, 2.24) is 0 Å². The average Bonchev–Trinajstić information content (AvgIpc) is 2.88. The van der Waals surface area contributed by atoms with Gasteiger partial charge in [-0.2, -0.15) is 0 Å². The van der Waals surface area contributed by atoms with Crippen LogP contribution in [0.3, 0.4) is 0 Å². The van der Waals surface area contributed by atoms with Crippen molar-refractivity contribution in [3.8, 4) is 0 Å². The van der Waals surface area contributed by atoms with Crippen molar-refractivity contribution >= 4 is 19.3 Å². The van der Waals surface area contributed by atoms with Crippen LogP contribution >= 0.6 is 0 Å². The van der Waals surface area contributed by atoms with E-state index in [4.69, 9.17) is 8.85 Å². The number of unbranched alkanes of at least 4 members (excludes halogenated alkanes) is 13. The molecule has 0 saturated carbocycles. The molecule has 2 rings (SSSR count). The van der Waals surface area contributed by atoms with Gasteiger partial charge >= 0.3 is 8.56 Å². The van der Waals surface area contributed by atoms with Crippen molar-refractivity contribution in [2.24, 2.45) is 0 Å². The largest absolute Gasteiger partial charge is 0.394 e. The summed E-state index contributed by atoms with van der Waals surface area (Å²) in [6.07, 6.45) is 19.5. The van der Waals surface area contributed by atoms with Crippen molar-refractivity contribution in [2.45, 2.75) is 129 Å². The first kappa shape index (κ1) is 29.1. The summed E-state index contributed by atoms with van der Waals surface area (Å²) in [5.41, 5.74) is 1.25. The summed E-state index contributed by atoms with van der Waals surface area (Å²) in [5, 5.41) is 2.57. The van der Waals surface area contributed by atoms with Gasteiger partial charge in [0.1, 0.15) is 0 Å². The summed E-state index contributed by atoms with van der Waals surface area (Å²) in [6, 6.07) is 17.2. The topological polar surface area (TPSA) is 18.5 Å². The third-order valence-corrected chi connectivity index (χ3v) is 10.8. The number of fused-ring (bicyclic) bond motifs is 1. The zero-order valence-corrected chi connectivity index (χ0v) is 23.6. The molecule has 0 fully saturated rings. The molecule has 192 valence electrons. The van der Waals surface area contributed by atoms with Gasteiger partial charge in [-0.25, -0.2) is 0 Å². The van der Waals surface area contributed by atoms with Gasteiger partial charge in [0.2, 0.25) is 0 Å². The fraction of sp³-hybridized carbons (Fsp3) is 0.677. The third kappa shape index (κ3) is 11.5. The molecule has 2 nitrogen and oxygen atoms in total. The van der Waals surface area contributed by atoms with Gasteiger partial charge in [0.25, 0.3) is 0 Å². The summed E-state index contributed by atoms with van der Waals surface area (Å²) in [6.45, 7) is 8.30. The Morgan fingerprint density at radius 1 is 0.559 bits per heavy atom. The van der Waals surface area contributed by atoms with Gasteiger partial charge in [0.15, 0.2) is 0 Å². The molecule has 0 radical (unpaired) electrons. The molecule has 0 spiro atoms. The molecule has 0 aliphatic carbocycles. The molecule has 0 bridgehead atoms. The van der Waals surface area contributed by atoms with Crippen LogP contribution in [0.25, 0.3) is 10.8 Å². The Kier molecular flexibility index (Phi) is 15.5. The first-order valence-corrected chi connectivity index (χ1v) is 16.7. The van der Waals surface area contributed by atoms with Crippen LogP contribution in [0.2, 0.25) is 12.1 Å². The van der Waals surface area contributed by atoms with Crippen LogP contribution in [0.1, 0.15) is 116 Å². The molecule has 0 N–H and O–H groups in total. The van der Waals surface area contributed by atoms with Crippen LogP contribution in [0.15, 0.2) is 42.5 Å². The predicted octanol–water partition coefficient (Wildman–Crippen LogP) is 10.3. The fourth-order valence-electron chi connectivity index (χ4n) is 4.80. The Hall–Kier alpha value is -1.16. The summed E-state index contributed by atoms with van der Waals surface area (Å²) in [4.78, 5) is 0. The van der Waals surface area contributed by atoms with Gasteiger partial charge in [-0.05, 0) is 40.9 Å². The lowest BCUT2D eigenvalue weighted by atomic mass is 10.0.